The number of pyridine rings is 2. The predicted molar refractivity (Wildman–Crippen MR) is 106 cm³/mol. The highest BCUT2D eigenvalue weighted by Gasteiger charge is 2.40. The van der Waals surface area contributed by atoms with E-state index in [1.807, 2.05) is 25.3 Å². The van der Waals surface area contributed by atoms with E-state index in [9.17, 15) is 4.79 Å². The molecule has 1 N–H and O–H groups in total. The number of amides is 1. The van der Waals surface area contributed by atoms with Gasteiger partial charge in [-0.1, -0.05) is 11.3 Å². The maximum absolute atomic E-state index is 11.6. The summed E-state index contributed by atoms with van der Waals surface area (Å²) in [6, 6.07) is 5.02. The van der Waals surface area contributed by atoms with Crippen molar-refractivity contribution in [2.75, 3.05) is 10.2 Å². The number of nitrogens with one attached hydrogen (secondary N) is 1. The fourth-order valence-electron chi connectivity index (χ4n) is 4.35. The van der Waals surface area contributed by atoms with Crippen LogP contribution in [0.1, 0.15) is 37.6 Å². The third-order valence-electron chi connectivity index (χ3n) is 5.44. The van der Waals surface area contributed by atoms with Crippen molar-refractivity contribution in [3.05, 3.63) is 23.3 Å². The van der Waals surface area contributed by atoms with Crippen LogP contribution in [0, 0.1) is 6.92 Å². The van der Waals surface area contributed by atoms with Crippen LogP contribution in [-0.2, 0) is 4.79 Å². The quantitative estimate of drug-likeness (QED) is 0.748. The Morgan fingerprint density at radius 3 is 2.56 bits per heavy atom. The van der Waals surface area contributed by atoms with Crippen LogP contribution in [0.2, 0.25) is 0 Å². The van der Waals surface area contributed by atoms with Crippen LogP contribution >= 0.6 is 11.3 Å². The van der Waals surface area contributed by atoms with E-state index in [0.29, 0.717) is 17.9 Å². The Labute approximate surface area is 160 Å². The molecule has 2 aliphatic heterocycles. The molecule has 7 nitrogen and oxygen atoms in total. The average molecular weight is 380 g/mol. The van der Waals surface area contributed by atoms with Gasteiger partial charge in [0.1, 0.15) is 22.3 Å². The van der Waals surface area contributed by atoms with Crippen molar-refractivity contribution in [2.45, 2.75) is 51.6 Å². The molecule has 0 radical (unpaired) electrons. The number of carbonyl (C=O) groups excluding carboxylic acids is 1. The first kappa shape index (κ1) is 16.6. The van der Waals surface area contributed by atoms with Crippen LogP contribution < -0.4 is 10.2 Å². The minimum absolute atomic E-state index is 0.119. The fourth-order valence-corrected chi connectivity index (χ4v) is 5.01. The number of aromatic nitrogens is 4. The van der Waals surface area contributed by atoms with Crippen LogP contribution in [0.3, 0.4) is 0 Å². The molecule has 8 heteroatoms. The number of hydrogen-bond donors (Lipinski definition) is 1. The Morgan fingerprint density at radius 1 is 1.19 bits per heavy atom. The van der Waals surface area contributed by atoms with Gasteiger partial charge in [-0.05, 0) is 50.1 Å². The van der Waals surface area contributed by atoms with Gasteiger partial charge in [-0.15, -0.1) is 10.2 Å². The van der Waals surface area contributed by atoms with Crippen molar-refractivity contribution in [2.24, 2.45) is 0 Å². The molecule has 0 saturated carbocycles. The molecule has 0 spiro atoms. The van der Waals surface area contributed by atoms with E-state index in [0.717, 1.165) is 32.3 Å². The Bertz CT molecular complexity index is 1030. The van der Waals surface area contributed by atoms with Crippen molar-refractivity contribution in [1.82, 2.24) is 20.2 Å². The fraction of sp³-hybridized carbons (Fsp3) is 0.421. The van der Waals surface area contributed by atoms with Gasteiger partial charge in [0.15, 0.2) is 5.01 Å². The molecule has 5 rings (SSSR count). The summed E-state index contributed by atoms with van der Waals surface area (Å²) in [6.07, 6.45) is 6.75. The molecule has 0 aromatic carbocycles. The summed E-state index contributed by atoms with van der Waals surface area (Å²) < 4.78 is 0. The second-order valence-electron chi connectivity index (χ2n) is 7.30. The summed E-state index contributed by atoms with van der Waals surface area (Å²) in [4.78, 5) is 23.5. The number of fused-ring (bicyclic) bond motifs is 3. The first-order valence-corrected chi connectivity index (χ1v) is 10.1. The van der Waals surface area contributed by atoms with E-state index in [1.54, 1.807) is 0 Å². The SMILES string of the molecule is CC(=O)Nc1cc2cc(-c3nnc(C)s3)ncc2c(N2C3CCC2CC3)n1. The number of nitrogens with zero attached hydrogens (tertiary/aromatic N) is 5. The molecule has 0 unspecified atom stereocenters. The van der Waals surface area contributed by atoms with Gasteiger partial charge >= 0.3 is 0 Å². The highest BCUT2D eigenvalue weighted by molar-refractivity contribution is 7.14. The number of anilines is 2. The van der Waals surface area contributed by atoms with Gasteiger partial charge in [-0.25, -0.2) is 4.98 Å². The van der Waals surface area contributed by atoms with Gasteiger partial charge in [0.2, 0.25) is 5.91 Å². The van der Waals surface area contributed by atoms with Crippen molar-refractivity contribution in [3.8, 4) is 10.7 Å². The Hall–Kier alpha value is -2.61. The minimum atomic E-state index is -0.119. The van der Waals surface area contributed by atoms with E-state index in [-0.39, 0.29) is 5.91 Å². The summed E-state index contributed by atoms with van der Waals surface area (Å²) in [5, 5.41) is 14.9. The van der Waals surface area contributed by atoms with Crippen LogP contribution in [0.15, 0.2) is 18.3 Å². The second-order valence-corrected chi connectivity index (χ2v) is 8.48. The lowest BCUT2D eigenvalue weighted by atomic mass is 10.0. The van der Waals surface area contributed by atoms with Crippen LogP contribution in [-0.4, -0.2) is 38.2 Å². The zero-order chi connectivity index (χ0) is 18.5. The smallest absolute Gasteiger partial charge is 0.222 e. The number of hydrogen-bond acceptors (Lipinski definition) is 7. The summed E-state index contributed by atoms with van der Waals surface area (Å²) in [6.45, 7) is 3.44. The molecule has 3 aromatic rings. The Balaban J connectivity index is 1.67. The highest BCUT2D eigenvalue weighted by atomic mass is 32.1. The Morgan fingerprint density at radius 2 is 1.93 bits per heavy atom. The normalized spacial score (nSPS) is 21.2. The van der Waals surface area contributed by atoms with E-state index >= 15 is 0 Å². The molecule has 0 aliphatic carbocycles. The zero-order valence-corrected chi connectivity index (χ0v) is 16.1. The van der Waals surface area contributed by atoms with Gasteiger partial charge < -0.3 is 10.2 Å². The zero-order valence-electron chi connectivity index (χ0n) is 15.3. The van der Waals surface area contributed by atoms with Crippen LogP contribution in [0.5, 0.6) is 0 Å². The molecular weight excluding hydrogens is 360 g/mol. The van der Waals surface area contributed by atoms with E-state index < -0.39 is 0 Å². The molecule has 27 heavy (non-hydrogen) atoms. The predicted octanol–water partition coefficient (Wildman–Crippen LogP) is 3.55. The number of aryl methyl sites for hydroxylation is 1. The molecular formula is C19H20N6OS. The molecule has 0 atom stereocenters. The van der Waals surface area contributed by atoms with Crippen molar-refractivity contribution in [1.29, 1.82) is 0 Å². The molecule has 2 aliphatic rings. The second kappa shape index (κ2) is 6.23. The van der Waals surface area contributed by atoms with Crippen LogP contribution in [0.25, 0.3) is 21.5 Å². The largest absolute Gasteiger partial charge is 0.350 e. The Kier molecular flexibility index (Phi) is 3.82. The van der Waals surface area contributed by atoms with Gasteiger partial charge in [-0.2, -0.15) is 0 Å². The molecule has 5 heterocycles. The van der Waals surface area contributed by atoms with Crippen molar-refractivity contribution >= 4 is 39.7 Å². The third kappa shape index (κ3) is 2.84. The molecule has 2 bridgehead atoms. The standard InChI is InChI=1S/C19H20N6OS/c1-10(26)21-17-8-12-7-16(19-24-23-11(2)27-19)20-9-15(12)18(22-17)25-13-3-4-14(25)6-5-13/h7-9,13-14H,3-6H2,1-2H3,(H,21,22,26). The van der Waals surface area contributed by atoms with E-state index in [4.69, 9.17) is 4.98 Å². The van der Waals surface area contributed by atoms with Gasteiger partial charge in [-0.3, -0.25) is 9.78 Å². The molecule has 138 valence electrons. The summed E-state index contributed by atoms with van der Waals surface area (Å²) in [7, 11) is 0. The maximum Gasteiger partial charge on any atom is 0.222 e. The molecule has 2 saturated heterocycles. The van der Waals surface area contributed by atoms with Crippen molar-refractivity contribution in [3.63, 3.8) is 0 Å². The maximum atomic E-state index is 11.6. The molecule has 3 aromatic heterocycles. The first-order valence-electron chi connectivity index (χ1n) is 9.25. The lowest BCUT2D eigenvalue weighted by Gasteiger charge is -2.25. The monoisotopic (exact) mass is 380 g/mol. The number of rotatable bonds is 3. The van der Waals surface area contributed by atoms with Gasteiger partial charge in [0.05, 0.1) is 0 Å². The van der Waals surface area contributed by atoms with Crippen LogP contribution in [0.4, 0.5) is 11.6 Å². The molecule has 2 fully saturated rings. The molecule has 1 amide bonds. The minimum Gasteiger partial charge on any atom is -0.350 e. The first-order chi connectivity index (χ1) is 13.1. The van der Waals surface area contributed by atoms with E-state index in [2.05, 4.69) is 25.4 Å². The third-order valence-corrected chi connectivity index (χ3v) is 6.30. The lowest BCUT2D eigenvalue weighted by molar-refractivity contribution is -0.114. The highest BCUT2D eigenvalue weighted by Crippen LogP contribution is 2.43. The summed E-state index contributed by atoms with van der Waals surface area (Å²) >= 11 is 1.52. The van der Waals surface area contributed by atoms with Gasteiger partial charge in [0, 0.05) is 30.6 Å². The topological polar surface area (TPSA) is 83.9 Å². The average Bonchev–Trinajstić information content (AvgIpc) is 3.35. The number of carbonyl (C=O) groups is 1. The van der Waals surface area contributed by atoms with Crippen molar-refractivity contribution < 1.29 is 4.79 Å². The summed E-state index contributed by atoms with van der Waals surface area (Å²) in [5.41, 5.74) is 0.795. The van der Waals surface area contributed by atoms with Gasteiger partial charge in [0.25, 0.3) is 0 Å². The van der Waals surface area contributed by atoms with E-state index in [1.165, 1.54) is 43.9 Å². The lowest BCUT2D eigenvalue weighted by Crippen LogP contribution is -2.29. The summed E-state index contributed by atoms with van der Waals surface area (Å²) in [5.74, 6) is 1.40.